The van der Waals surface area contributed by atoms with Crippen LogP contribution in [-0.4, -0.2) is 50.5 Å². The van der Waals surface area contributed by atoms with E-state index in [0.717, 1.165) is 4.88 Å². The summed E-state index contributed by atoms with van der Waals surface area (Å²) in [7, 11) is -3.76. The van der Waals surface area contributed by atoms with Crippen LogP contribution in [0.25, 0.3) is 0 Å². The molecule has 0 bridgehead atoms. The van der Waals surface area contributed by atoms with Crippen LogP contribution in [0.3, 0.4) is 0 Å². The van der Waals surface area contributed by atoms with Gasteiger partial charge in [-0.25, -0.2) is 8.42 Å². The monoisotopic (exact) mass is 423 g/mol. The number of nitrogens with zero attached hydrogens (tertiary/aromatic N) is 1. The molecule has 2 heterocycles. The highest BCUT2D eigenvalue weighted by Crippen LogP contribution is 2.21. The molecular formula is C18H21N3O5S2. The van der Waals surface area contributed by atoms with Gasteiger partial charge in [-0.3, -0.25) is 9.59 Å². The van der Waals surface area contributed by atoms with Crippen molar-refractivity contribution in [3.8, 4) is 0 Å². The zero-order valence-electron chi connectivity index (χ0n) is 15.0. The Balaban J connectivity index is 1.58. The molecule has 1 aromatic carbocycles. The first kappa shape index (κ1) is 20.5. The van der Waals surface area contributed by atoms with Crippen LogP contribution >= 0.6 is 11.3 Å². The molecule has 1 saturated heterocycles. The Morgan fingerprint density at radius 1 is 1.11 bits per heavy atom. The van der Waals surface area contributed by atoms with E-state index in [-0.39, 0.29) is 24.5 Å². The average molecular weight is 424 g/mol. The van der Waals surface area contributed by atoms with E-state index < -0.39 is 28.1 Å². The molecule has 2 aromatic rings. The fraction of sp³-hybridized carbons (Fsp3) is 0.333. The second-order valence-electron chi connectivity index (χ2n) is 6.08. The van der Waals surface area contributed by atoms with Crippen LogP contribution in [0.1, 0.15) is 11.3 Å². The van der Waals surface area contributed by atoms with Gasteiger partial charge in [-0.15, -0.1) is 11.3 Å². The molecule has 28 heavy (non-hydrogen) atoms. The number of sulfonamides is 1. The number of benzene rings is 1. The molecule has 150 valence electrons. The van der Waals surface area contributed by atoms with E-state index in [0.29, 0.717) is 13.0 Å². The van der Waals surface area contributed by atoms with E-state index >= 15 is 0 Å². The predicted octanol–water partition coefficient (Wildman–Crippen LogP) is 0.918. The van der Waals surface area contributed by atoms with Crippen LogP contribution < -0.4 is 10.6 Å². The lowest BCUT2D eigenvalue weighted by Crippen LogP contribution is -2.53. The summed E-state index contributed by atoms with van der Waals surface area (Å²) >= 11 is 1.47. The van der Waals surface area contributed by atoms with Gasteiger partial charge in [0.1, 0.15) is 6.23 Å². The minimum absolute atomic E-state index is 0.114. The number of hydrogen-bond acceptors (Lipinski definition) is 6. The molecule has 0 radical (unpaired) electrons. The second-order valence-corrected chi connectivity index (χ2v) is 9.00. The normalized spacial score (nSPS) is 17.8. The minimum Gasteiger partial charge on any atom is -0.360 e. The highest BCUT2D eigenvalue weighted by atomic mass is 32.2. The number of thiophene rings is 1. The van der Waals surface area contributed by atoms with Gasteiger partial charge in [0.25, 0.3) is 0 Å². The van der Waals surface area contributed by atoms with Gasteiger partial charge in [-0.1, -0.05) is 24.3 Å². The standard InChI is InChI=1S/C18H21N3O5S2/c22-17(19-12-14-6-4-11-27-14)18(23)20-13-16-21(9-5-10-26-16)28(24,25)15-7-2-1-3-8-15/h1-4,6-8,11,16H,5,9-10,12-13H2,(H,19,22)(H,20,23)/t16-/m1/s1. The van der Waals surface area contributed by atoms with Crippen LogP contribution in [0.2, 0.25) is 0 Å². The Labute approximate surface area is 167 Å². The molecule has 1 atom stereocenters. The van der Waals surface area contributed by atoms with Gasteiger partial charge in [0, 0.05) is 11.4 Å². The first-order chi connectivity index (χ1) is 13.5. The Kier molecular flexibility index (Phi) is 6.79. The van der Waals surface area contributed by atoms with Crippen molar-refractivity contribution in [2.45, 2.75) is 24.1 Å². The molecule has 0 saturated carbocycles. The average Bonchev–Trinajstić information content (AvgIpc) is 3.24. The van der Waals surface area contributed by atoms with Gasteiger partial charge >= 0.3 is 11.8 Å². The molecule has 1 aliphatic rings. The summed E-state index contributed by atoms with van der Waals surface area (Å²) < 4.78 is 32.5. The van der Waals surface area contributed by atoms with Crippen molar-refractivity contribution in [1.82, 2.24) is 14.9 Å². The maximum Gasteiger partial charge on any atom is 0.309 e. The van der Waals surface area contributed by atoms with E-state index in [1.807, 2.05) is 17.5 Å². The van der Waals surface area contributed by atoms with Crippen LogP contribution in [0.4, 0.5) is 0 Å². The van der Waals surface area contributed by atoms with Gasteiger partial charge in [-0.05, 0) is 30.0 Å². The Hall–Kier alpha value is -2.27. The smallest absolute Gasteiger partial charge is 0.309 e. The van der Waals surface area contributed by atoms with Crippen molar-refractivity contribution in [2.75, 3.05) is 19.7 Å². The van der Waals surface area contributed by atoms with Crippen LogP contribution in [0.5, 0.6) is 0 Å². The van der Waals surface area contributed by atoms with Crippen molar-refractivity contribution in [3.63, 3.8) is 0 Å². The second kappa shape index (κ2) is 9.28. The van der Waals surface area contributed by atoms with Crippen molar-refractivity contribution in [3.05, 3.63) is 52.7 Å². The maximum absolute atomic E-state index is 12.9. The number of rotatable bonds is 6. The lowest BCUT2D eigenvalue weighted by Gasteiger charge is -2.34. The van der Waals surface area contributed by atoms with Crippen LogP contribution in [-0.2, 0) is 30.9 Å². The minimum atomic E-state index is -3.76. The van der Waals surface area contributed by atoms with Gasteiger partial charge in [0.2, 0.25) is 10.0 Å². The Morgan fingerprint density at radius 3 is 2.57 bits per heavy atom. The van der Waals surface area contributed by atoms with Gasteiger partial charge in [0.15, 0.2) is 0 Å². The summed E-state index contributed by atoms with van der Waals surface area (Å²) in [5.74, 6) is -1.61. The fourth-order valence-corrected chi connectivity index (χ4v) is 4.98. The summed E-state index contributed by atoms with van der Waals surface area (Å²) in [5, 5.41) is 6.86. The van der Waals surface area contributed by atoms with E-state index in [1.54, 1.807) is 18.2 Å². The molecular weight excluding hydrogens is 402 g/mol. The van der Waals surface area contributed by atoms with E-state index in [1.165, 1.54) is 27.8 Å². The van der Waals surface area contributed by atoms with Crippen molar-refractivity contribution < 1.29 is 22.7 Å². The molecule has 1 aromatic heterocycles. The number of nitrogens with one attached hydrogen (secondary N) is 2. The maximum atomic E-state index is 12.9. The highest BCUT2D eigenvalue weighted by Gasteiger charge is 2.34. The van der Waals surface area contributed by atoms with E-state index in [2.05, 4.69) is 10.6 Å². The predicted molar refractivity (Wildman–Crippen MR) is 104 cm³/mol. The molecule has 1 fully saturated rings. The van der Waals surface area contributed by atoms with Gasteiger partial charge in [0.05, 0.1) is 24.6 Å². The van der Waals surface area contributed by atoms with Crippen LogP contribution in [0, 0.1) is 0 Å². The van der Waals surface area contributed by atoms with E-state index in [4.69, 9.17) is 4.74 Å². The third-order valence-corrected chi connectivity index (χ3v) is 6.93. The molecule has 3 rings (SSSR count). The van der Waals surface area contributed by atoms with Crippen molar-refractivity contribution in [2.24, 2.45) is 0 Å². The van der Waals surface area contributed by atoms with Crippen LogP contribution in [0.15, 0.2) is 52.7 Å². The first-order valence-corrected chi connectivity index (χ1v) is 11.1. The molecule has 0 aliphatic carbocycles. The molecule has 10 heteroatoms. The number of carbonyl (C=O) groups is 2. The summed E-state index contributed by atoms with van der Waals surface area (Å²) in [4.78, 5) is 25.0. The molecule has 8 nitrogen and oxygen atoms in total. The lowest BCUT2D eigenvalue weighted by molar-refractivity contribution is -0.140. The molecule has 2 amide bonds. The van der Waals surface area contributed by atoms with E-state index in [9.17, 15) is 18.0 Å². The number of carbonyl (C=O) groups excluding carboxylic acids is 2. The largest absolute Gasteiger partial charge is 0.360 e. The summed E-state index contributed by atoms with van der Waals surface area (Å²) in [5.41, 5.74) is 0. The third-order valence-electron chi connectivity index (χ3n) is 4.15. The highest BCUT2D eigenvalue weighted by molar-refractivity contribution is 7.89. The summed E-state index contributed by atoms with van der Waals surface area (Å²) in [6.45, 7) is 0.809. The first-order valence-electron chi connectivity index (χ1n) is 8.75. The zero-order valence-corrected chi connectivity index (χ0v) is 16.7. The topological polar surface area (TPSA) is 105 Å². The quantitative estimate of drug-likeness (QED) is 0.673. The number of hydrogen-bond donors (Lipinski definition) is 2. The third kappa shape index (κ3) is 4.96. The van der Waals surface area contributed by atoms with Gasteiger partial charge < -0.3 is 15.4 Å². The van der Waals surface area contributed by atoms with Crippen molar-refractivity contribution >= 4 is 33.2 Å². The Bertz CT molecular complexity index is 901. The molecule has 0 unspecified atom stereocenters. The summed E-state index contributed by atoms with van der Waals surface area (Å²) in [6.07, 6.45) is -0.314. The zero-order chi connectivity index (χ0) is 20.0. The lowest BCUT2D eigenvalue weighted by atomic mass is 10.3. The fourth-order valence-electron chi connectivity index (χ4n) is 2.75. The number of amides is 2. The summed E-state index contributed by atoms with van der Waals surface area (Å²) in [6, 6.07) is 11.8. The molecule has 2 N–H and O–H groups in total. The molecule has 0 spiro atoms. The van der Waals surface area contributed by atoms with Gasteiger partial charge in [-0.2, -0.15) is 4.31 Å². The Morgan fingerprint density at radius 2 is 1.86 bits per heavy atom. The van der Waals surface area contributed by atoms with Crippen molar-refractivity contribution in [1.29, 1.82) is 0 Å². The SMILES string of the molecule is O=C(NCc1cccs1)C(=O)NC[C@H]1OCCCN1S(=O)(=O)c1ccccc1. The number of ether oxygens (including phenoxy) is 1. The molecule has 1 aliphatic heterocycles.